The average molecular weight is 349 g/mol. The standard InChI is InChI=1S/C12H15BrClN3O2/c1-12(2,3)19-11(18)17-5-4-7-8(6-17)15-10(14)16-9(7)13/h4-6H2,1-3H3. The molecule has 0 aromatic carbocycles. The zero-order valence-corrected chi connectivity index (χ0v) is 13.4. The zero-order chi connectivity index (χ0) is 14.2. The lowest BCUT2D eigenvalue weighted by molar-refractivity contribution is 0.0220. The fraction of sp³-hybridized carbons (Fsp3) is 0.583. The van der Waals surface area contributed by atoms with Crippen molar-refractivity contribution in [1.29, 1.82) is 0 Å². The van der Waals surface area contributed by atoms with Crippen LogP contribution in [0.1, 0.15) is 32.0 Å². The highest BCUT2D eigenvalue weighted by atomic mass is 79.9. The molecule has 0 atom stereocenters. The summed E-state index contributed by atoms with van der Waals surface area (Å²) < 4.78 is 6.05. The van der Waals surface area contributed by atoms with E-state index in [-0.39, 0.29) is 11.4 Å². The van der Waals surface area contributed by atoms with Gasteiger partial charge in [0.2, 0.25) is 5.28 Å². The molecule has 0 saturated carbocycles. The number of carbonyl (C=O) groups excluding carboxylic acids is 1. The number of fused-ring (bicyclic) bond motifs is 1. The minimum Gasteiger partial charge on any atom is -0.444 e. The van der Waals surface area contributed by atoms with Gasteiger partial charge in [0.25, 0.3) is 0 Å². The number of nitrogens with zero attached hydrogens (tertiary/aromatic N) is 3. The number of ether oxygens (including phenoxy) is 1. The molecule has 1 aromatic rings. The van der Waals surface area contributed by atoms with Crippen molar-refractivity contribution in [3.8, 4) is 0 Å². The molecular formula is C12H15BrClN3O2. The van der Waals surface area contributed by atoms with Crippen LogP contribution in [-0.4, -0.2) is 33.1 Å². The molecule has 7 heteroatoms. The van der Waals surface area contributed by atoms with E-state index in [2.05, 4.69) is 25.9 Å². The van der Waals surface area contributed by atoms with Crippen molar-refractivity contribution in [2.24, 2.45) is 0 Å². The highest BCUT2D eigenvalue weighted by molar-refractivity contribution is 9.10. The highest BCUT2D eigenvalue weighted by Crippen LogP contribution is 2.26. The van der Waals surface area contributed by atoms with Crippen LogP contribution in [0.4, 0.5) is 4.79 Å². The van der Waals surface area contributed by atoms with Crippen molar-refractivity contribution in [3.05, 3.63) is 21.1 Å². The number of carbonyl (C=O) groups is 1. The number of hydrogen-bond donors (Lipinski definition) is 0. The molecule has 1 amide bonds. The number of amides is 1. The van der Waals surface area contributed by atoms with E-state index in [1.807, 2.05) is 20.8 Å². The largest absolute Gasteiger partial charge is 0.444 e. The van der Waals surface area contributed by atoms with Gasteiger partial charge in [0.05, 0.1) is 12.2 Å². The molecule has 2 heterocycles. The van der Waals surface area contributed by atoms with Crippen molar-refractivity contribution >= 4 is 33.6 Å². The van der Waals surface area contributed by atoms with Crippen LogP contribution in [0.2, 0.25) is 5.28 Å². The topological polar surface area (TPSA) is 55.3 Å². The molecule has 1 aromatic heterocycles. The maximum absolute atomic E-state index is 12.0. The van der Waals surface area contributed by atoms with Gasteiger partial charge >= 0.3 is 6.09 Å². The lowest BCUT2D eigenvalue weighted by atomic mass is 10.1. The number of halogens is 2. The van der Waals surface area contributed by atoms with E-state index in [0.29, 0.717) is 24.1 Å². The molecule has 0 radical (unpaired) electrons. The number of rotatable bonds is 0. The van der Waals surface area contributed by atoms with E-state index >= 15 is 0 Å². The Morgan fingerprint density at radius 1 is 1.42 bits per heavy atom. The smallest absolute Gasteiger partial charge is 0.410 e. The van der Waals surface area contributed by atoms with E-state index in [1.54, 1.807) is 4.90 Å². The third kappa shape index (κ3) is 3.57. The Hall–Kier alpha value is -0.880. The van der Waals surface area contributed by atoms with E-state index in [4.69, 9.17) is 16.3 Å². The molecule has 0 N–H and O–H groups in total. The number of aromatic nitrogens is 2. The minimum absolute atomic E-state index is 0.177. The second kappa shape index (κ2) is 5.25. The molecule has 0 saturated heterocycles. The minimum atomic E-state index is -0.499. The summed E-state index contributed by atoms with van der Waals surface area (Å²) in [7, 11) is 0. The first-order valence-corrected chi connectivity index (χ1v) is 7.12. The van der Waals surface area contributed by atoms with Gasteiger partial charge in [-0.3, -0.25) is 0 Å². The van der Waals surface area contributed by atoms with E-state index in [1.165, 1.54) is 0 Å². The van der Waals surface area contributed by atoms with Crippen LogP contribution in [0.25, 0.3) is 0 Å². The molecule has 1 aliphatic rings. The first-order valence-electron chi connectivity index (χ1n) is 5.95. The summed E-state index contributed by atoms with van der Waals surface area (Å²) in [5.74, 6) is 0. The van der Waals surface area contributed by atoms with Crippen molar-refractivity contribution in [1.82, 2.24) is 14.9 Å². The lowest BCUT2D eigenvalue weighted by Crippen LogP contribution is -2.40. The van der Waals surface area contributed by atoms with Gasteiger partial charge in [0.15, 0.2) is 0 Å². The van der Waals surface area contributed by atoms with Gasteiger partial charge < -0.3 is 9.64 Å². The second-order valence-electron chi connectivity index (χ2n) is 5.36. The van der Waals surface area contributed by atoms with Gasteiger partial charge in [-0.2, -0.15) is 0 Å². The van der Waals surface area contributed by atoms with Crippen LogP contribution in [0.15, 0.2) is 4.60 Å². The van der Waals surface area contributed by atoms with Crippen LogP contribution >= 0.6 is 27.5 Å². The molecule has 0 fully saturated rings. The van der Waals surface area contributed by atoms with Crippen LogP contribution in [-0.2, 0) is 17.7 Å². The number of hydrogen-bond acceptors (Lipinski definition) is 4. The third-order valence-corrected chi connectivity index (χ3v) is 3.46. The Morgan fingerprint density at radius 2 is 2.11 bits per heavy atom. The predicted molar refractivity (Wildman–Crippen MR) is 75.1 cm³/mol. The van der Waals surface area contributed by atoms with E-state index in [9.17, 15) is 4.79 Å². The van der Waals surface area contributed by atoms with Gasteiger partial charge in [-0.05, 0) is 54.7 Å². The van der Waals surface area contributed by atoms with Crippen molar-refractivity contribution in [2.45, 2.75) is 39.3 Å². The quantitative estimate of drug-likeness (QED) is 0.534. The van der Waals surface area contributed by atoms with Gasteiger partial charge in [-0.1, -0.05) is 0 Å². The molecule has 0 bridgehead atoms. The summed E-state index contributed by atoms with van der Waals surface area (Å²) in [6.45, 7) is 6.52. The molecule has 19 heavy (non-hydrogen) atoms. The summed E-state index contributed by atoms with van der Waals surface area (Å²) in [4.78, 5) is 21.9. The molecule has 0 aliphatic carbocycles. The predicted octanol–water partition coefficient (Wildman–Crippen LogP) is 3.19. The van der Waals surface area contributed by atoms with Gasteiger partial charge in [0.1, 0.15) is 10.2 Å². The van der Waals surface area contributed by atoms with Crippen molar-refractivity contribution in [2.75, 3.05) is 6.54 Å². The van der Waals surface area contributed by atoms with Crippen LogP contribution in [0, 0.1) is 0 Å². The Bertz CT molecular complexity index is 516. The normalized spacial score (nSPS) is 15.1. The molecule has 0 unspecified atom stereocenters. The van der Waals surface area contributed by atoms with Gasteiger partial charge in [0, 0.05) is 12.1 Å². The maximum Gasteiger partial charge on any atom is 0.410 e. The molecule has 5 nitrogen and oxygen atoms in total. The van der Waals surface area contributed by atoms with Crippen LogP contribution in [0.5, 0.6) is 0 Å². The average Bonchev–Trinajstić information content (AvgIpc) is 2.25. The summed E-state index contributed by atoms with van der Waals surface area (Å²) in [6, 6.07) is 0. The molecule has 1 aliphatic heterocycles. The summed E-state index contributed by atoms with van der Waals surface area (Å²) >= 11 is 9.20. The molecule has 0 spiro atoms. The van der Waals surface area contributed by atoms with E-state index < -0.39 is 5.60 Å². The highest BCUT2D eigenvalue weighted by Gasteiger charge is 2.27. The lowest BCUT2D eigenvalue weighted by Gasteiger charge is -2.30. The SMILES string of the molecule is CC(C)(C)OC(=O)N1CCc2c(Br)nc(Cl)nc2C1. The Morgan fingerprint density at radius 3 is 2.74 bits per heavy atom. The Labute approximate surface area is 125 Å². The first kappa shape index (κ1) is 14.5. The van der Waals surface area contributed by atoms with Crippen LogP contribution < -0.4 is 0 Å². The third-order valence-electron chi connectivity index (χ3n) is 2.64. The van der Waals surface area contributed by atoms with Crippen molar-refractivity contribution < 1.29 is 9.53 Å². The maximum atomic E-state index is 12.0. The summed E-state index contributed by atoms with van der Waals surface area (Å²) in [6.07, 6.45) is 0.357. The van der Waals surface area contributed by atoms with Crippen LogP contribution in [0.3, 0.4) is 0 Å². The molecular weight excluding hydrogens is 334 g/mol. The Kier molecular flexibility index (Phi) is 4.01. The monoisotopic (exact) mass is 347 g/mol. The Balaban J connectivity index is 2.16. The molecule has 2 rings (SSSR count). The zero-order valence-electron chi connectivity index (χ0n) is 11.0. The van der Waals surface area contributed by atoms with Gasteiger partial charge in [-0.25, -0.2) is 14.8 Å². The summed E-state index contributed by atoms with van der Waals surface area (Å²) in [5.41, 5.74) is 1.27. The molecule has 104 valence electrons. The van der Waals surface area contributed by atoms with Crippen molar-refractivity contribution in [3.63, 3.8) is 0 Å². The van der Waals surface area contributed by atoms with Gasteiger partial charge in [-0.15, -0.1) is 0 Å². The second-order valence-corrected chi connectivity index (χ2v) is 6.45. The fourth-order valence-corrected chi connectivity index (χ4v) is 2.72. The fourth-order valence-electron chi connectivity index (χ4n) is 1.84. The first-order chi connectivity index (χ1) is 8.76. The summed E-state index contributed by atoms with van der Waals surface area (Å²) in [5, 5.41) is 0.177. The van der Waals surface area contributed by atoms with E-state index in [0.717, 1.165) is 11.3 Å².